The van der Waals surface area contributed by atoms with Gasteiger partial charge >= 0.3 is 6.09 Å². The van der Waals surface area contributed by atoms with Gasteiger partial charge in [0, 0.05) is 5.69 Å². The number of rotatable bonds is 3. The molecule has 1 fully saturated rings. The SMILES string of the molecule is CC(C)(C)OC(=O)Nc1ccc(O)c(C2C(CN)C2(C)C)c1. The summed E-state index contributed by atoms with van der Waals surface area (Å²) in [4.78, 5) is 11.8. The number of hydrogen-bond donors (Lipinski definition) is 3. The maximum absolute atomic E-state index is 11.8. The minimum Gasteiger partial charge on any atom is -0.508 e. The Morgan fingerprint density at radius 3 is 2.55 bits per heavy atom. The van der Waals surface area contributed by atoms with Crippen molar-refractivity contribution >= 4 is 11.8 Å². The van der Waals surface area contributed by atoms with E-state index in [1.165, 1.54) is 0 Å². The average Bonchev–Trinajstić information content (AvgIpc) is 2.91. The van der Waals surface area contributed by atoms with Gasteiger partial charge in [-0.2, -0.15) is 0 Å². The first-order valence-corrected chi connectivity index (χ1v) is 7.59. The van der Waals surface area contributed by atoms with E-state index in [2.05, 4.69) is 19.2 Å². The van der Waals surface area contributed by atoms with Crippen molar-refractivity contribution in [1.82, 2.24) is 0 Å². The van der Waals surface area contributed by atoms with E-state index in [1.807, 2.05) is 20.8 Å². The van der Waals surface area contributed by atoms with E-state index < -0.39 is 11.7 Å². The van der Waals surface area contributed by atoms with Crippen molar-refractivity contribution in [3.05, 3.63) is 23.8 Å². The van der Waals surface area contributed by atoms with Crippen LogP contribution in [0, 0.1) is 11.3 Å². The third-order valence-electron chi connectivity index (χ3n) is 4.31. The number of anilines is 1. The molecule has 1 aliphatic carbocycles. The van der Waals surface area contributed by atoms with Crippen molar-refractivity contribution in [1.29, 1.82) is 0 Å². The van der Waals surface area contributed by atoms with Crippen LogP contribution < -0.4 is 11.1 Å². The number of carbonyl (C=O) groups is 1. The summed E-state index contributed by atoms with van der Waals surface area (Å²) in [5, 5.41) is 12.8. The molecule has 1 saturated carbocycles. The van der Waals surface area contributed by atoms with Crippen LogP contribution in [-0.2, 0) is 4.74 Å². The predicted octanol–water partition coefficient (Wildman–Crippen LogP) is 3.44. The smallest absolute Gasteiger partial charge is 0.412 e. The molecule has 2 rings (SSSR count). The third-order valence-corrected chi connectivity index (χ3v) is 4.31. The van der Waals surface area contributed by atoms with Crippen molar-refractivity contribution in [3.63, 3.8) is 0 Å². The van der Waals surface area contributed by atoms with Crippen LogP contribution in [0.5, 0.6) is 5.75 Å². The Kier molecular flexibility index (Phi) is 4.13. The van der Waals surface area contributed by atoms with Crippen LogP contribution >= 0.6 is 0 Å². The number of phenolic OH excluding ortho intramolecular Hbond substituents is 1. The summed E-state index contributed by atoms with van der Waals surface area (Å²) in [6, 6.07) is 5.07. The molecule has 122 valence electrons. The van der Waals surface area contributed by atoms with E-state index in [9.17, 15) is 9.90 Å². The minimum absolute atomic E-state index is 0.0662. The second-order valence-electron chi connectivity index (χ2n) is 7.54. The quantitative estimate of drug-likeness (QED) is 0.747. The molecular formula is C17H26N2O3. The third kappa shape index (κ3) is 3.35. The Bertz CT molecular complexity index is 576. The Morgan fingerprint density at radius 2 is 2.05 bits per heavy atom. The zero-order chi connectivity index (χ0) is 16.7. The molecule has 5 heteroatoms. The van der Waals surface area contributed by atoms with Gasteiger partial charge < -0.3 is 15.6 Å². The van der Waals surface area contributed by atoms with Crippen molar-refractivity contribution in [2.24, 2.45) is 17.1 Å². The van der Waals surface area contributed by atoms with Gasteiger partial charge in [0.1, 0.15) is 11.4 Å². The summed E-state index contributed by atoms with van der Waals surface area (Å²) >= 11 is 0. The van der Waals surface area contributed by atoms with Crippen molar-refractivity contribution in [2.45, 2.75) is 46.1 Å². The summed E-state index contributed by atoms with van der Waals surface area (Å²) in [6.45, 7) is 10.3. The second-order valence-corrected chi connectivity index (χ2v) is 7.54. The highest BCUT2D eigenvalue weighted by Gasteiger charge is 2.58. The van der Waals surface area contributed by atoms with E-state index in [0.29, 0.717) is 18.2 Å². The van der Waals surface area contributed by atoms with Gasteiger partial charge in [0.05, 0.1) is 0 Å². The molecule has 1 amide bonds. The van der Waals surface area contributed by atoms with Gasteiger partial charge in [0.2, 0.25) is 0 Å². The molecule has 1 aliphatic rings. The van der Waals surface area contributed by atoms with Crippen LogP contribution in [0.25, 0.3) is 0 Å². The van der Waals surface area contributed by atoms with E-state index in [1.54, 1.807) is 18.2 Å². The number of phenols is 1. The molecule has 0 saturated heterocycles. The molecule has 0 radical (unpaired) electrons. The van der Waals surface area contributed by atoms with E-state index in [-0.39, 0.29) is 17.1 Å². The first kappa shape index (κ1) is 16.6. The Labute approximate surface area is 131 Å². The van der Waals surface area contributed by atoms with E-state index in [0.717, 1.165) is 5.56 Å². The lowest BCUT2D eigenvalue weighted by Crippen LogP contribution is -2.27. The number of benzene rings is 1. The highest BCUT2D eigenvalue weighted by molar-refractivity contribution is 5.85. The molecule has 0 bridgehead atoms. The lowest BCUT2D eigenvalue weighted by atomic mass is 10.0. The summed E-state index contributed by atoms with van der Waals surface area (Å²) in [6.07, 6.45) is -0.505. The van der Waals surface area contributed by atoms with Crippen LogP contribution in [0.15, 0.2) is 18.2 Å². The Hall–Kier alpha value is -1.75. The van der Waals surface area contributed by atoms with E-state index >= 15 is 0 Å². The molecule has 0 aromatic heterocycles. The molecule has 0 aliphatic heterocycles. The fourth-order valence-corrected chi connectivity index (χ4v) is 3.10. The Balaban J connectivity index is 2.17. The summed E-state index contributed by atoms with van der Waals surface area (Å²) in [5.41, 5.74) is 6.76. The molecule has 1 aromatic rings. The predicted molar refractivity (Wildman–Crippen MR) is 87.0 cm³/mol. The first-order valence-electron chi connectivity index (χ1n) is 7.59. The lowest BCUT2D eigenvalue weighted by molar-refractivity contribution is 0.0636. The number of nitrogens with two attached hydrogens (primary N) is 1. The van der Waals surface area contributed by atoms with E-state index in [4.69, 9.17) is 10.5 Å². The molecule has 0 heterocycles. The number of carbonyl (C=O) groups excluding carboxylic acids is 1. The van der Waals surface area contributed by atoms with Gasteiger partial charge in [-0.1, -0.05) is 13.8 Å². The van der Waals surface area contributed by atoms with Crippen LogP contribution in [-0.4, -0.2) is 23.3 Å². The molecule has 1 aromatic carbocycles. The van der Waals surface area contributed by atoms with Crippen molar-refractivity contribution < 1.29 is 14.6 Å². The molecule has 2 unspecified atom stereocenters. The fraction of sp³-hybridized carbons (Fsp3) is 0.588. The second kappa shape index (κ2) is 5.47. The zero-order valence-corrected chi connectivity index (χ0v) is 13.9. The maximum Gasteiger partial charge on any atom is 0.412 e. The maximum atomic E-state index is 11.8. The first-order chi connectivity index (χ1) is 10.1. The Morgan fingerprint density at radius 1 is 1.41 bits per heavy atom. The number of ether oxygens (including phenoxy) is 1. The van der Waals surface area contributed by atoms with Crippen molar-refractivity contribution in [3.8, 4) is 5.75 Å². The lowest BCUT2D eigenvalue weighted by Gasteiger charge is -2.20. The van der Waals surface area contributed by atoms with Gasteiger partial charge in [0.15, 0.2) is 0 Å². The van der Waals surface area contributed by atoms with Gasteiger partial charge in [0.25, 0.3) is 0 Å². The summed E-state index contributed by atoms with van der Waals surface area (Å²) in [7, 11) is 0. The molecule has 0 spiro atoms. The number of hydrogen-bond acceptors (Lipinski definition) is 4. The van der Waals surface area contributed by atoms with Crippen LogP contribution in [0.3, 0.4) is 0 Å². The monoisotopic (exact) mass is 306 g/mol. The largest absolute Gasteiger partial charge is 0.508 e. The van der Waals surface area contributed by atoms with Gasteiger partial charge in [-0.25, -0.2) is 4.79 Å². The molecule has 22 heavy (non-hydrogen) atoms. The highest BCUT2D eigenvalue weighted by atomic mass is 16.6. The van der Waals surface area contributed by atoms with Crippen LogP contribution in [0.4, 0.5) is 10.5 Å². The zero-order valence-electron chi connectivity index (χ0n) is 13.9. The van der Waals surface area contributed by atoms with Gasteiger partial charge in [-0.15, -0.1) is 0 Å². The van der Waals surface area contributed by atoms with Crippen LogP contribution in [0.2, 0.25) is 0 Å². The number of aromatic hydroxyl groups is 1. The summed E-state index contributed by atoms with van der Waals surface area (Å²) < 4.78 is 5.24. The summed E-state index contributed by atoms with van der Waals surface area (Å²) in [5.74, 6) is 0.789. The minimum atomic E-state index is -0.549. The van der Waals surface area contributed by atoms with Crippen LogP contribution in [0.1, 0.15) is 46.1 Å². The molecule has 5 nitrogen and oxygen atoms in total. The normalized spacial score (nSPS) is 23.0. The fourth-order valence-electron chi connectivity index (χ4n) is 3.10. The van der Waals surface area contributed by atoms with Gasteiger partial charge in [-0.05, 0) is 68.3 Å². The molecule has 2 atom stereocenters. The average molecular weight is 306 g/mol. The highest BCUT2D eigenvalue weighted by Crippen LogP contribution is 2.65. The number of nitrogens with one attached hydrogen (secondary N) is 1. The van der Waals surface area contributed by atoms with Gasteiger partial charge in [-0.3, -0.25) is 5.32 Å². The molecular weight excluding hydrogens is 280 g/mol. The standard InChI is InChI=1S/C17H26N2O3/c1-16(2,3)22-15(21)19-10-6-7-13(20)11(8-10)14-12(9-18)17(14,4)5/h6-8,12,14,20H,9,18H2,1-5H3,(H,19,21). The molecule has 4 N–H and O–H groups in total. The number of amides is 1. The van der Waals surface area contributed by atoms with Crippen molar-refractivity contribution in [2.75, 3.05) is 11.9 Å². The topological polar surface area (TPSA) is 84.6 Å².